The number of anilines is 1. The molecular weight excluding hydrogens is 849 g/mol. The van der Waals surface area contributed by atoms with Crippen molar-refractivity contribution in [3.8, 4) is 0 Å². The third-order valence-electron chi connectivity index (χ3n) is 11.7. The molecule has 0 aliphatic carbocycles. The van der Waals surface area contributed by atoms with Gasteiger partial charge in [-0.25, -0.2) is 0 Å². The largest absolute Gasteiger partial charge is 0.379 e. The second kappa shape index (κ2) is 23.2. The minimum absolute atomic E-state index is 0.0000182. The van der Waals surface area contributed by atoms with E-state index in [1.54, 1.807) is 86.0 Å². The average molecular weight is 911 g/mol. The van der Waals surface area contributed by atoms with Gasteiger partial charge < -0.3 is 29.2 Å². The Balaban J connectivity index is 1.01. The van der Waals surface area contributed by atoms with Crippen LogP contribution in [-0.2, 0) is 70.0 Å². The van der Waals surface area contributed by atoms with Crippen molar-refractivity contribution in [2.75, 3.05) is 38.3 Å². The molecule has 3 aromatic heterocycles. The van der Waals surface area contributed by atoms with Gasteiger partial charge in [0.1, 0.15) is 28.7 Å². The lowest BCUT2D eigenvalue weighted by Gasteiger charge is -2.22. The molecule has 4 heterocycles. The Morgan fingerprint density at radius 2 is 1.50 bits per heavy atom. The highest BCUT2D eigenvalue weighted by Crippen LogP contribution is 2.24. The molecule has 0 bridgehead atoms. The van der Waals surface area contributed by atoms with Gasteiger partial charge in [0, 0.05) is 108 Å². The van der Waals surface area contributed by atoms with Crippen molar-refractivity contribution in [1.82, 2.24) is 23.9 Å². The van der Waals surface area contributed by atoms with Crippen LogP contribution in [-0.4, -0.2) is 110 Å². The van der Waals surface area contributed by atoms with E-state index in [-0.39, 0.29) is 136 Å². The summed E-state index contributed by atoms with van der Waals surface area (Å²) in [6.45, 7) is 9.66. The van der Waals surface area contributed by atoms with E-state index in [1.165, 1.54) is 16.4 Å². The van der Waals surface area contributed by atoms with Crippen LogP contribution in [0.4, 0.5) is 5.69 Å². The minimum Gasteiger partial charge on any atom is -0.379 e. The summed E-state index contributed by atoms with van der Waals surface area (Å²) in [6, 6.07) is 9.56. The number of fused-ring (bicyclic) bond motifs is 1. The number of hydrogen-bond acceptors (Lipinski definition) is 11. The Morgan fingerprint density at radius 3 is 2.18 bits per heavy atom. The first-order valence-electron chi connectivity index (χ1n) is 22.5. The first kappa shape index (κ1) is 50.7. The standard InChI is InChI=1S/C49H62N6O11/c1-30(2)40(27-39(58)14-18-66-20-19-65-17-8-9-38(57)13-16-55-45(60)21-31(3)48(55)63)46(61)50-33(5)44(59)25-34-10-11-41-36(23-34)12-15-54(41)49(64)43-26-37(29-53(43)7)51-47(62)42-24-35(22-32(4)56)28-52(42)6/h10-12,15,23-24,26,28-31,33,40H,8-9,13-14,16-22,25,27H2,1-7H3,(H,50,61)(H,51,62)/t31?,33-,40-/m0/s1. The van der Waals surface area contributed by atoms with Crippen LogP contribution in [0, 0.1) is 17.8 Å². The molecule has 17 heteroatoms. The van der Waals surface area contributed by atoms with Crippen LogP contribution in [0.15, 0.2) is 55.0 Å². The third kappa shape index (κ3) is 13.6. The topological polar surface area (TPSA) is 214 Å². The smallest absolute Gasteiger partial charge is 0.279 e. The summed E-state index contributed by atoms with van der Waals surface area (Å²) in [6.07, 6.45) is 6.50. The third-order valence-corrected chi connectivity index (χ3v) is 11.7. The number of carbonyl (C=O) groups is 9. The fourth-order valence-electron chi connectivity index (χ4n) is 7.94. The van der Waals surface area contributed by atoms with Gasteiger partial charge in [-0.3, -0.25) is 52.6 Å². The Kier molecular flexibility index (Phi) is 17.8. The zero-order valence-corrected chi connectivity index (χ0v) is 39.0. The lowest BCUT2D eigenvalue weighted by molar-refractivity contribution is -0.139. The number of ketones is 4. The van der Waals surface area contributed by atoms with Crippen molar-refractivity contribution in [3.63, 3.8) is 0 Å². The monoisotopic (exact) mass is 910 g/mol. The van der Waals surface area contributed by atoms with Gasteiger partial charge in [0.2, 0.25) is 17.7 Å². The summed E-state index contributed by atoms with van der Waals surface area (Å²) in [5.74, 6) is -3.09. The number of nitrogens with zero attached hydrogens (tertiary/aromatic N) is 4. The van der Waals surface area contributed by atoms with Crippen LogP contribution in [0.1, 0.15) is 105 Å². The zero-order chi connectivity index (χ0) is 48.2. The second-order valence-corrected chi connectivity index (χ2v) is 17.6. The maximum atomic E-state index is 13.7. The normalized spacial score (nSPS) is 14.8. The molecule has 66 heavy (non-hydrogen) atoms. The molecule has 1 unspecified atom stereocenters. The molecule has 0 saturated carbocycles. The molecule has 1 aliphatic heterocycles. The number of imide groups is 1. The lowest BCUT2D eigenvalue weighted by Crippen LogP contribution is -2.44. The Morgan fingerprint density at radius 1 is 0.788 bits per heavy atom. The highest BCUT2D eigenvalue weighted by Gasteiger charge is 2.35. The Hall–Kier alpha value is -6.33. The summed E-state index contributed by atoms with van der Waals surface area (Å²) in [7, 11) is 3.43. The highest BCUT2D eigenvalue weighted by molar-refractivity contribution is 6.06. The number of rotatable bonds is 26. The molecule has 2 N–H and O–H groups in total. The summed E-state index contributed by atoms with van der Waals surface area (Å²) < 4.78 is 15.8. The van der Waals surface area contributed by atoms with Crippen LogP contribution in [0.5, 0.6) is 0 Å². The van der Waals surface area contributed by atoms with E-state index in [4.69, 9.17) is 9.47 Å². The van der Waals surface area contributed by atoms with Crippen LogP contribution in [0.3, 0.4) is 0 Å². The highest BCUT2D eigenvalue weighted by atomic mass is 16.5. The maximum absolute atomic E-state index is 13.7. The van der Waals surface area contributed by atoms with Crippen molar-refractivity contribution in [2.45, 2.75) is 92.0 Å². The number of hydrogen-bond donors (Lipinski definition) is 2. The summed E-state index contributed by atoms with van der Waals surface area (Å²) in [5, 5.41) is 6.37. The number of aromatic nitrogens is 3. The number of aryl methyl sites for hydroxylation is 2. The van der Waals surface area contributed by atoms with Crippen molar-refractivity contribution >= 4 is 69.3 Å². The molecule has 0 radical (unpaired) electrons. The van der Waals surface area contributed by atoms with Crippen molar-refractivity contribution in [2.24, 2.45) is 31.8 Å². The molecule has 17 nitrogen and oxygen atoms in total. The van der Waals surface area contributed by atoms with Gasteiger partial charge in [-0.15, -0.1) is 0 Å². The maximum Gasteiger partial charge on any atom is 0.279 e. The van der Waals surface area contributed by atoms with E-state index in [2.05, 4.69) is 10.6 Å². The Labute approximate surface area is 384 Å². The number of likely N-dealkylation sites (tertiary alicyclic amines) is 1. The molecular formula is C49H62N6O11. The molecule has 5 rings (SSSR count). The average Bonchev–Trinajstić information content (AvgIpc) is 4.01. The van der Waals surface area contributed by atoms with Gasteiger partial charge in [-0.1, -0.05) is 26.8 Å². The van der Waals surface area contributed by atoms with Crippen molar-refractivity contribution in [1.29, 1.82) is 0 Å². The quantitative estimate of drug-likeness (QED) is 0.0645. The molecule has 4 amide bonds. The van der Waals surface area contributed by atoms with Crippen LogP contribution in [0.2, 0.25) is 0 Å². The van der Waals surface area contributed by atoms with Gasteiger partial charge in [0.05, 0.1) is 37.1 Å². The van der Waals surface area contributed by atoms with Gasteiger partial charge in [-0.05, 0) is 67.6 Å². The Bertz CT molecular complexity index is 2470. The molecule has 1 saturated heterocycles. The first-order chi connectivity index (χ1) is 31.3. The number of amides is 4. The number of nitrogens with one attached hydrogen (secondary N) is 2. The number of carbonyl (C=O) groups excluding carboxylic acids is 9. The van der Waals surface area contributed by atoms with Gasteiger partial charge in [0.25, 0.3) is 11.8 Å². The zero-order valence-electron chi connectivity index (χ0n) is 39.0. The second-order valence-electron chi connectivity index (χ2n) is 17.6. The molecule has 3 atom stereocenters. The number of Topliss-reactive ketones (excluding diaryl/α,β-unsaturated/α-hetero) is 4. The molecule has 1 aromatic carbocycles. The molecule has 354 valence electrons. The van der Waals surface area contributed by atoms with Crippen LogP contribution < -0.4 is 10.6 Å². The predicted molar refractivity (Wildman–Crippen MR) is 245 cm³/mol. The van der Waals surface area contributed by atoms with E-state index in [1.807, 2.05) is 19.9 Å². The van der Waals surface area contributed by atoms with Crippen LogP contribution >= 0.6 is 0 Å². The van der Waals surface area contributed by atoms with Gasteiger partial charge in [0.15, 0.2) is 5.78 Å². The fraction of sp³-hybridized carbons (Fsp3) is 0.490. The summed E-state index contributed by atoms with van der Waals surface area (Å²) >= 11 is 0. The number of ether oxygens (including phenoxy) is 2. The van der Waals surface area contributed by atoms with E-state index < -0.39 is 12.0 Å². The molecule has 0 spiro atoms. The van der Waals surface area contributed by atoms with E-state index in [9.17, 15) is 43.2 Å². The molecule has 4 aromatic rings. The SMILES string of the molecule is CC(=O)Cc1cc(C(=O)Nc2cc(C(=O)n3ccc4cc(CC(=O)[C@H](C)NC(=O)[C@@H](CC(=O)CCOCCOCCCC(=O)CCN5C(=O)CC(C)C5=O)C(C)C)ccc43)n(C)c2)n(C)c1. The lowest BCUT2D eigenvalue weighted by atomic mass is 9.88. The van der Waals surface area contributed by atoms with Crippen LogP contribution in [0.25, 0.3) is 10.9 Å². The summed E-state index contributed by atoms with van der Waals surface area (Å²) in [5.41, 5.74) is 3.18. The molecule has 1 aliphatic rings. The fourth-order valence-corrected chi connectivity index (χ4v) is 7.94. The number of benzene rings is 1. The van der Waals surface area contributed by atoms with E-state index in [0.29, 0.717) is 41.2 Å². The van der Waals surface area contributed by atoms with E-state index >= 15 is 0 Å². The summed E-state index contributed by atoms with van der Waals surface area (Å²) in [4.78, 5) is 115. The predicted octanol–water partition coefficient (Wildman–Crippen LogP) is 4.80. The minimum atomic E-state index is -0.816. The van der Waals surface area contributed by atoms with Gasteiger partial charge >= 0.3 is 0 Å². The van der Waals surface area contributed by atoms with Crippen molar-refractivity contribution in [3.05, 3.63) is 77.5 Å². The first-order valence-corrected chi connectivity index (χ1v) is 22.5. The van der Waals surface area contributed by atoms with E-state index in [0.717, 1.165) is 10.9 Å². The van der Waals surface area contributed by atoms with Crippen molar-refractivity contribution < 1.29 is 52.6 Å². The van der Waals surface area contributed by atoms with Gasteiger partial charge in [-0.2, -0.15) is 0 Å². The molecule has 1 fully saturated rings.